The summed E-state index contributed by atoms with van der Waals surface area (Å²) < 4.78 is 10.7. The predicted molar refractivity (Wildman–Crippen MR) is 114 cm³/mol. The second-order valence-corrected chi connectivity index (χ2v) is 8.33. The molecule has 4 rings (SSSR count). The van der Waals surface area contributed by atoms with Crippen molar-refractivity contribution in [1.82, 2.24) is 9.88 Å². The molecule has 29 heavy (non-hydrogen) atoms. The zero-order valence-electron chi connectivity index (χ0n) is 15.9. The molecule has 1 aliphatic heterocycles. The summed E-state index contributed by atoms with van der Waals surface area (Å²) >= 11 is 7.67. The van der Waals surface area contributed by atoms with Crippen LogP contribution < -0.4 is 14.8 Å². The summed E-state index contributed by atoms with van der Waals surface area (Å²) in [6.07, 6.45) is 2.47. The molecular weight excluding hydrogens is 410 g/mol. The van der Waals surface area contributed by atoms with E-state index in [9.17, 15) is 4.79 Å². The van der Waals surface area contributed by atoms with E-state index < -0.39 is 0 Å². The Labute approximate surface area is 178 Å². The van der Waals surface area contributed by atoms with E-state index in [1.165, 1.54) is 11.3 Å². The third kappa shape index (κ3) is 5.06. The molecule has 3 aromatic rings. The lowest BCUT2D eigenvalue weighted by molar-refractivity contribution is -0.117. The number of nitrogens with zero attached hydrogens (tertiary/aromatic N) is 2. The second-order valence-electron chi connectivity index (χ2n) is 6.81. The van der Waals surface area contributed by atoms with Crippen LogP contribution in [0.15, 0.2) is 48.7 Å². The highest BCUT2D eigenvalue weighted by atomic mass is 35.5. The molecule has 0 radical (unpaired) electrons. The zero-order valence-corrected chi connectivity index (χ0v) is 17.4. The largest absolute Gasteiger partial charge is 0.454 e. The molecule has 1 aliphatic rings. The molecule has 0 bridgehead atoms. The molecule has 0 saturated carbocycles. The Kier molecular flexibility index (Phi) is 5.99. The van der Waals surface area contributed by atoms with Crippen LogP contribution in [0, 0.1) is 0 Å². The van der Waals surface area contributed by atoms with Crippen LogP contribution in [0.3, 0.4) is 0 Å². The fourth-order valence-electron chi connectivity index (χ4n) is 3.09. The van der Waals surface area contributed by atoms with Crippen molar-refractivity contribution in [2.75, 3.05) is 25.7 Å². The Balaban J connectivity index is 1.29. The van der Waals surface area contributed by atoms with Gasteiger partial charge in [-0.1, -0.05) is 35.9 Å². The lowest BCUT2D eigenvalue weighted by Crippen LogP contribution is -2.29. The van der Waals surface area contributed by atoms with Crippen molar-refractivity contribution in [3.8, 4) is 11.5 Å². The number of thiazole rings is 1. The zero-order chi connectivity index (χ0) is 20.2. The van der Waals surface area contributed by atoms with Crippen LogP contribution in [0.1, 0.15) is 16.0 Å². The number of ether oxygens (including phenoxy) is 2. The molecule has 0 fully saturated rings. The fourth-order valence-corrected chi connectivity index (χ4v) is 4.14. The summed E-state index contributed by atoms with van der Waals surface area (Å²) in [5.41, 5.74) is 2.10. The van der Waals surface area contributed by atoms with Gasteiger partial charge in [-0.05, 0) is 36.4 Å². The summed E-state index contributed by atoms with van der Waals surface area (Å²) in [6.45, 7) is 1.14. The third-order valence-electron chi connectivity index (χ3n) is 4.43. The van der Waals surface area contributed by atoms with Crippen molar-refractivity contribution >= 4 is 34.0 Å². The Morgan fingerprint density at radius 1 is 1.24 bits per heavy atom. The first-order chi connectivity index (χ1) is 14.1. The van der Waals surface area contributed by atoms with E-state index in [1.54, 1.807) is 6.20 Å². The second kappa shape index (κ2) is 8.82. The fraction of sp³-hybridized carbons (Fsp3) is 0.238. The minimum absolute atomic E-state index is 0.105. The molecule has 1 N–H and O–H groups in total. The van der Waals surface area contributed by atoms with Gasteiger partial charge in [0, 0.05) is 29.1 Å². The number of nitrogens with one attached hydrogen (secondary N) is 1. The highest BCUT2D eigenvalue weighted by molar-refractivity contribution is 7.15. The maximum Gasteiger partial charge on any atom is 0.240 e. The standard InChI is InChI=1S/C21H20ClN3O3S/c1-25(11-14-6-7-18-19(8-14)28-13-27-18)12-20(26)24-21-23-10-16(29-21)9-15-4-2-3-5-17(15)22/h2-8,10H,9,11-13H2,1H3,(H,23,24,26). The molecule has 6 nitrogen and oxygen atoms in total. The molecule has 1 aromatic heterocycles. The van der Waals surface area contributed by atoms with Gasteiger partial charge in [0.25, 0.3) is 0 Å². The number of halogens is 1. The summed E-state index contributed by atoms with van der Waals surface area (Å²) in [4.78, 5) is 19.7. The van der Waals surface area contributed by atoms with Crippen LogP contribution in [0.25, 0.3) is 0 Å². The van der Waals surface area contributed by atoms with Gasteiger partial charge in [-0.25, -0.2) is 4.98 Å². The molecule has 2 aromatic carbocycles. The van der Waals surface area contributed by atoms with Crippen LogP contribution in [-0.2, 0) is 17.8 Å². The van der Waals surface area contributed by atoms with Gasteiger partial charge in [-0.15, -0.1) is 11.3 Å². The average Bonchev–Trinajstić information content (AvgIpc) is 3.32. The van der Waals surface area contributed by atoms with E-state index in [4.69, 9.17) is 21.1 Å². The first-order valence-electron chi connectivity index (χ1n) is 9.12. The molecule has 0 aliphatic carbocycles. The Bertz CT molecular complexity index is 1020. The van der Waals surface area contributed by atoms with E-state index in [0.29, 0.717) is 18.1 Å². The predicted octanol–water partition coefficient (Wildman–Crippen LogP) is 4.19. The maximum absolute atomic E-state index is 12.4. The number of fused-ring (bicyclic) bond motifs is 1. The summed E-state index contributed by atoms with van der Waals surface area (Å²) in [5, 5.41) is 4.19. The molecule has 2 heterocycles. The minimum atomic E-state index is -0.105. The maximum atomic E-state index is 12.4. The normalized spacial score (nSPS) is 12.4. The van der Waals surface area contributed by atoms with Crippen LogP contribution in [0.4, 0.5) is 5.13 Å². The number of amides is 1. The number of hydrogen-bond acceptors (Lipinski definition) is 6. The molecule has 1 amide bonds. The van der Waals surface area contributed by atoms with Gasteiger partial charge in [0.15, 0.2) is 16.6 Å². The van der Waals surface area contributed by atoms with E-state index in [1.807, 2.05) is 54.4 Å². The molecule has 0 atom stereocenters. The molecule has 150 valence electrons. The first-order valence-corrected chi connectivity index (χ1v) is 10.3. The Morgan fingerprint density at radius 2 is 2.07 bits per heavy atom. The van der Waals surface area contributed by atoms with Gasteiger partial charge >= 0.3 is 0 Å². The van der Waals surface area contributed by atoms with Gasteiger partial charge < -0.3 is 14.8 Å². The number of hydrogen-bond donors (Lipinski definition) is 1. The highest BCUT2D eigenvalue weighted by Gasteiger charge is 2.15. The molecule has 0 spiro atoms. The van der Waals surface area contributed by atoms with Crippen LogP contribution >= 0.6 is 22.9 Å². The van der Waals surface area contributed by atoms with Crippen molar-refractivity contribution in [2.24, 2.45) is 0 Å². The average molecular weight is 430 g/mol. The highest BCUT2D eigenvalue weighted by Crippen LogP contribution is 2.32. The van der Waals surface area contributed by atoms with E-state index in [0.717, 1.165) is 32.5 Å². The van der Waals surface area contributed by atoms with Crippen LogP contribution in [0.2, 0.25) is 5.02 Å². The number of aromatic nitrogens is 1. The van der Waals surface area contributed by atoms with E-state index >= 15 is 0 Å². The lowest BCUT2D eigenvalue weighted by atomic mass is 10.1. The van der Waals surface area contributed by atoms with Crippen LogP contribution in [-0.4, -0.2) is 36.2 Å². The number of benzene rings is 2. The number of anilines is 1. The topological polar surface area (TPSA) is 63.7 Å². The lowest BCUT2D eigenvalue weighted by Gasteiger charge is -2.16. The number of carbonyl (C=O) groups is 1. The van der Waals surface area contributed by atoms with E-state index in [2.05, 4.69) is 10.3 Å². The van der Waals surface area contributed by atoms with Gasteiger partial charge in [0.2, 0.25) is 12.7 Å². The quantitative estimate of drug-likeness (QED) is 0.610. The van der Waals surface area contributed by atoms with Crippen molar-refractivity contribution in [1.29, 1.82) is 0 Å². The number of likely N-dealkylation sites (N-methyl/N-ethyl adjacent to an activating group) is 1. The first kappa shape index (κ1) is 19.7. The van der Waals surface area contributed by atoms with Gasteiger partial charge in [-0.3, -0.25) is 9.69 Å². The molecule has 8 heteroatoms. The SMILES string of the molecule is CN(CC(=O)Nc1ncc(Cc2ccccc2Cl)s1)Cc1ccc2c(c1)OCO2. The third-order valence-corrected chi connectivity index (χ3v) is 5.71. The Hall–Kier alpha value is -2.61. The van der Waals surface area contributed by atoms with Crippen molar-refractivity contribution in [3.63, 3.8) is 0 Å². The smallest absolute Gasteiger partial charge is 0.240 e. The number of carbonyl (C=O) groups excluding carboxylic acids is 1. The van der Waals surface area contributed by atoms with Crippen molar-refractivity contribution in [3.05, 3.63) is 69.7 Å². The van der Waals surface area contributed by atoms with Crippen molar-refractivity contribution < 1.29 is 14.3 Å². The molecule has 0 unspecified atom stereocenters. The van der Waals surface area contributed by atoms with Gasteiger partial charge in [-0.2, -0.15) is 0 Å². The number of rotatable bonds is 7. The van der Waals surface area contributed by atoms with Crippen LogP contribution in [0.5, 0.6) is 11.5 Å². The summed E-state index contributed by atoms with van der Waals surface area (Å²) in [7, 11) is 1.90. The Morgan fingerprint density at radius 3 is 2.93 bits per heavy atom. The minimum Gasteiger partial charge on any atom is -0.454 e. The van der Waals surface area contributed by atoms with E-state index in [-0.39, 0.29) is 19.2 Å². The summed E-state index contributed by atoms with van der Waals surface area (Å²) in [5.74, 6) is 1.39. The van der Waals surface area contributed by atoms with Gasteiger partial charge in [0.1, 0.15) is 0 Å². The monoisotopic (exact) mass is 429 g/mol. The summed E-state index contributed by atoms with van der Waals surface area (Å²) in [6, 6.07) is 13.5. The molecule has 0 saturated heterocycles. The van der Waals surface area contributed by atoms with Crippen molar-refractivity contribution in [2.45, 2.75) is 13.0 Å². The molecular formula is C21H20ClN3O3S. The van der Waals surface area contributed by atoms with Gasteiger partial charge in [0.05, 0.1) is 6.54 Å².